The number of hydrogen-bond acceptors (Lipinski definition) is 6. The average Bonchev–Trinajstić information content (AvgIpc) is 2.98. The number of esters is 1. The molecule has 4 atom stereocenters. The smallest absolute Gasteiger partial charge is 0.306 e. The Kier molecular flexibility index (Phi) is 10.8. The number of hydrogen-bond donors (Lipinski definition) is 3. The number of nitrogens with one attached hydrogen (secondary N) is 2. The van der Waals surface area contributed by atoms with Gasteiger partial charge in [0.1, 0.15) is 5.60 Å². The molecule has 6 heteroatoms. The van der Waals surface area contributed by atoms with Crippen molar-refractivity contribution in [1.82, 2.24) is 10.6 Å². The average molecular weight is 551 g/mol. The molecule has 0 radical (unpaired) electrons. The lowest BCUT2D eigenvalue weighted by Gasteiger charge is -2.41. The Balaban J connectivity index is 1.46. The van der Waals surface area contributed by atoms with E-state index in [1.165, 1.54) is 5.56 Å². The fourth-order valence-electron chi connectivity index (χ4n) is 6.30. The minimum Gasteiger partial charge on any atom is -0.454 e. The van der Waals surface area contributed by atoms with Crippen LogP contribution in [0.15, 0.2) is 54.6 Å². The largest absolute Gasteiger partial charge is 0.454 e. The molecule has 2 fully saturated rings. The highest BCUT2D eigenvalue weighted by Crippen LogP contribution is 2.40. The predicted octanol–water partition coefficient (Wildman–Crippen LogP) is 5.99. The second-order valence-electron chi connectivity index (χ2n) is 12.3. The van der Waals surface area contributed by atoms with Crippen LogP contribution in [0.3, 0.4) is 0 Å². The molecule has 40 heavy (non-hydrogen) atoms. The van der Waals surface area contributed by atoms with Crippen LogP contribution >= 0.6 is 0 Å². The maximum Gasteiger partial charge on any atom is 0.306 e. The molecular formula is C34H50N2O4. The van der Waals surface area contributed by atoms with Crippen LogP contribution in [0.2, 0.25) is 0 Å². The third-order valence-electron chi connectivity index (χ3n) is 9.18. The Hall–Kier alpha value is -2.25. The van der Waals surface area contributed by atoms with Crippen molar-refractivity contribution in [2.24, 2.45) is 11.8 Å². The van der Waals surface area contributed by atoms with Gasteiger partial charge in [-0.3, -0.25) is 4.79 Å². The number of benzene rings is 2. The van der Waals surface area contributed by atoms with E-state index in [9.17, 15) is 9.90 Å². The van der Waals surface area contributed by atoms with Crippen LogP contribution in [0.4, 0.5) is 0 Å². The van der Waals surface area contributed by atoms with E-state index in [0.717, 1.165) is 75.8 Å². The topological polar surface area (TPSA) is 79.8 Å². The van der Waals surface area contributed by atoms with Gasteiger partial charge in [-0.15, -0.1) is 0 Å². The monoisotopic (exact) mass is 550 g/mol. The van der Waals surface area contributed by atoms with Gasteiger partial charge in [0.05, 0.1) is 5.60 Å². The first-order valence-corrected chi connectivity index (χ1v) is 15.4. The Morgan fingerprint density at radius 3 is 2.10 bits per heavy atom. The Bertz CT molecular complexity index is 1060. The van der Waals surface area contributed by atoms with Crippen LogP contribution < -0.4 is 10.6 Å². The summed E-state index contributed by atoms with van der Waals surface area (Å²) in [5.74, 6) is 0.381. The van der Waals surface area contributed by atoms with E-state index in [1.54, 1.807) is 0 Å². The molecule has 0 bridgehead atoms. The summed E-state index contributed by atoms with van der Waals surface area (Å²) >= 11 is 0. The number of aliphatic hydroxyl groups is 1. The van der Waals surface area contributed by atoms with E-state index in [-0.39, 0.29) is 17.8 Å². The molecule has 0 amide bonds. The molecule has 2 aromatic carbocycles. The molecule has 0 spiro atoms. The third kappa shape index (κ3) is 7.52. The molecule has 0 aliphatic carbocycles. The van der Waals surface area contributed by atoms with Crippen molar-refractivity contribution in [3.05, 3.63) is 71.3 Å². The van der Waals surface area contributed by atoms with Gasteiger partial charge in [0.15, 0.2) is 6.29 Å². The van der Waals surface area contributed by atoms with Crippen molar-refractivity contribution in [1.29, 1.82) is 0 Å². The van der Waals surface area contributed by atoms with Crippen molar-refractivity contribution in [2.75, 3.05) is 26.2 Å². The van der Waals surface area contributed by atoms with Gasteiger partial charge in [0, 0.05) is 25.2 Å². The first kappa shape index (κ1) is 30.7. The molecule has 3 N–H and O–H groups in total. The number of ether oxygens (including phenoxy) is 2. The summed E-state index contributed by atoms with van der Waals surface area (Å²) in [5.41, 5.74) is 2.37. The summed E-state index contributed by atoms with van der Waals surface area (Å²) < 4.78 is 12.8. The number of carbonyl (C=O) groups excluding carboxylic acids is 1. The number of rotatable bonds is 12. The molecule has 6 nitrogen and oxygen atoms in total. The maximum atomic E-state index is 12.9. The summed E-state index contributed by atoms with van der Waals surface area (Å²) in [6.07, 6.45) is 4.58. The fourth-order valence-corrected chi connectivity index (χ4v) is 6.30. The van der Waals surface area contributed by atoms with E-state index >= 15 is 0 Å². The van der Waals surface area contributed by atoms with Crippen LogP contribution in [0.5, 0.6) is 0 Å². The van der Waals surface area contributed by atoms with Gasteiger partial charge in [0.2, 0.25) is 0 Å². The van der Waals surface area contributed by atoms with Crippen LogP contribution in [0, 0.1) is 11.8 Å². The maximum absolute atomic E-state index is 12.9. The predicted molar refractivity (Wildman–Crippen MR) is 160 cm³/mol. The van der Waals surface area contributed by atoms with Crippen LogP contribution in [0.25, 0.3) is 0 Å². The van der Waals surface area contributed by atoms with Gasteiger partial charge in [-0.1, -0.05) is 88.7 Å². The van der Waals surface area contributed by atoms with E-state index in [2.05, 4.69) is 74.7 Å². The Labute approximate surface area is 241 Å². The van der Waals surface area contributed by atoms with E-state index in [4.69, 9.17) is 9.47 Å². The molecule has 220 valence electrons. The van der Waals surface area contributed by atoms with Crippen molar-refractivity contribution in [3.63, 3.8) is 0 Å². The quantitative estimate of drug-likeness (QED) is 0.223. The first-order valence-electron chi connectivity index (χ1n) is 15.4. The van der Waals surface area contributed by atoms with Crippen molar-refractivity contribution < 1.29 is 19.4 Å². The van der Waals surface area contributed by atoms with Gasteiger partial charge >= 0.3 is 5.97 Å². The van der Waals surface area contributed by atoms with Crippen molar-refractivity contribution in [2.45, 2.75) is 96.1 Å². The molecular weight excluding hydrogens is 500 g/mol. The van der Waals surface area contributed by atoms with Gasteiger partial charge < -0.3 is 25.2 Å². The molecule has 2 aliphatic heterocycles. The summed E-state index contributed by atoms with van der Waals surface area (Å²) in [7, 11) is 0. The molecule has 4 unspecified atom stereocenters. The zero-order chi connectivity index (χ0) is 28.6. The molecule has 4 rings (SSSR count). The lowest BCUT2D eigenvalue weighted by molar-refractivity contribution is -0.221. The normalized spacial score (nSPS) is 21.6. The summed E-state index contributed by atoms with van der Waals surface area (Å²) in [6.45, 7) is 11.9. The molecule has 2 saturated heterocycles. The van der Waals surface area contributed by atoms with Crippen molar-refractivity contribution in [3.8, 4) is 0 Å². The number of piperidine rings is 2. The van der Waals surface area contributed by atoms with Crippen LogP contribution in [0.1, 0.15) is 95.2 Å². The Morgan fingerprint density at radius 1 is 0.875 bits per heavy atom. The fraction of sp³-hybridized carbons (Fsp3) is 0.618. The second kappa shape index (κ2) is 14.1. The molecule has 2 heterocycles. The standard InChI is InChI=1S/C34H50N2O4/c1-5-25(2)22-31(37)39-34(16-20-36-21-17-34)30-13-9-10-28(24-30)26(3)23-27(4)32(38)40-33(14-18-35-19-15-33)29-11-7-6-8-12-29/h6-13,24-27,32,35-36,38H,5,14-23H2,1-4H3. The minimum atomic E-state index is -0.860. The van der Waals surface area contributed by atoms with E-state index < -0.39 is 17.5 Å². The summed E-state index contributed by atoms with van der Waals surface area (Å²) in [5, 5.41) is 18.1. The number of carbonyl (C=O) groups is 1. The van der Waals surface area contributed by atoms with Gasteiger partial charge in [-0.25, -0.2) is 0 Å². The van der Waals surface area contributed by atoms with E-state index in [1.807, 2.05) is 18.2 Å². The van der Waals surface area contributed by atoms with E-state index in [0.29, 0.717) is 12.3 Å². The first-order chi connectivity index (χ1) is 19.3. The zero-order valence-electron chi connectivity index (χ0n) is 25.0. The van der Waals surface area contributed by atoms with Gasteiger partial charge in [-0.2, -0.15) is 0 Å². The highest BCUT2D eigenvalue weighted by atomic mass is 16.6. The summed E-state index contributed by atoms with van der Waals surface area (Å²) in [6, 6.07) is 18.9. The molecule has 0 aromatic heterocycles. The Morgan fingerprint density at radius 2 is 1.48 bits per heavy atom. The molecule has 0 saturated carbocycles. The van der Waals surface area contributed by atoms with Crippen molar-refractivity contribution >= 4 is 5.97 Å². The highest BCUT2D eigenvalue weighted by Gasteiger charge is 2.40. The lowest BCUT2D eigenvalue weighted by atomic mass is 9.81. The van der Waals surface area contributed by atoms with Crippen LogP contribution in [-0.2, 0) is 25.5 Å². The number of aliphatic hydroxyl groups excluding tert-OH is 1. The SMILES string of the molecule is CCC(C)CC(=O)OC1(c2cccc(C(C)CC(C)C(O)OC3(c4ccccc4)CCNCC3)c2)CCNCC1. The third-order valence-corrected chi connectivity index (χ3v) is 9.18. The molecule has 2 aromatic rings. The zero-order valence-corrected chi connectivity index (χ0v) is 25.0. The highest BCUT2D eigenvalue weighted by molar-refractivity contribution is 5.70. The minimum absolute atomic E-state index is 0.0460. The molecule has 2 aliphatic rings. The van der Waals surface area contributed by atoms with Crippen LogP contribution in [-0.4, -0.2) is 43.5 Å². The summed E-state index contributed by atoms with van der Waals surface area (Å²) in [4.78, 5) is 12.9. The van der Waals surface area contributed by atoms with Gasteiger partial charge in [0.25, 0.3) is 0 Å². The van der Waals surface area contributed by atoms with Gasteiger partial charge in [-0.05, 0) is 74.0 Å². The lowest BCUT2D eigenvalue weighted by Crippen LogP contribution is -2.45. The second-order valence-corrected chi connectivity index (χ2v) is 12.3.